The van der Waals surface area contributed by atoms with Gasteiger partial charge in [-0.2, -0.15) is 0 Å². The largest absolute Gasteiger partial charge is 0.355 e. The minimum absolute atomic E-state index is 0.137. The number of rotatable bonds is 5. The van der Waals surface area contributed by atoms with Crippen LogP contribution in [0.25, 0.3) is 10.8 Å². The van der Waals surface area contributed by atoms with Gasteiger partial charge in [-0.15, -0.1) is 10.2 Å². The molecule has 1 N–H and O–H groups in total. The lowest BCUT2D eigenvalue weighted by Gasteiger charge is -2.18. The van der Waals surface area contributed by atoms with Gasteiger partial charge in [-0.25, -0.2) is 0 Å². The van der Waals surface area contributed by atoms with Crippen molar-refractivity contribution < 1.29 is 4.79 Å². The van der Waals surface area contributed by atoms with Crippen molar-refractivity contribution >= 4 is 22.5 Å². The van der Waals surface area contributed by atoms with E-state index < -0.39 is 0 Å². The highest BCUT2D eigenvalue weighted by molar-refractivity contribution is 6.07. The van der Waals surface area contributed by atoms with Gasteiger partial charge in [0.05, 0.1) is 0 Å². The zero-order valence-corrected chi connectivity index (χ0v) is 13.9. The number of aromatic nitrogens is 2. The molecule has 5 nitrogen and oxygen atoms in total. The van der Waals surface area contributed by atoms with E-state index in [2.05, 4.69) is 34.3 Å². The number of nitrogens with zero attached hydrogens (tertiary/aromatic N) is 3. The van der Waals surface area contributed by atoms with Gasteiger partial charge in [-0.05, 0) is 25.2 Å². The highest BCUT2D eigenvalue weighted by Crippen LogP contribution is 2.28. The maximum atomic E-state index is 12.4. The van der Waals surface area contributed by atoms with Crippen molar-refractivity contribution in [2.45, 2.75) is 33.1 Å². The molecular formula is C18H24N4O. The van der Waals surface area contributed by atoms with Crippen molar-refractivity contribution in [3.8, 4) is 0 Å². The molecule has 0 spiro atoms. The summed E-state index contributed by atoms with van der Waals surface area (Å²) < 4.78 is 0. The van der Waals surface area contributed by atoms with E-state index in [0.29, 0.717) is 18.2 Å². The molecule has 1 aliphatic rings. The van der Waals surface area contributed by atoms with Crippen molar-refractivity contribution in [2.24, 2.45) is 5.92 Å². The molecule has 1 aromatic heterocycles. The summed E-state index contributed by atoms with van der Waals surface area (Å²) in [5.41, 5.74) is 0.423. The number of fused-ring (bicyclic) bond motifs is 1. The first-order valence-corrected chi connectivity index (χ1v) is 8.45. The van der Waals surface area contributed by atoms with Gasteiger partial charge in [0.2, 0.25) is 0 Å². The second-order valence-corrected chi connectivity index (χ2v) is 6.55. The predicted octanol–water partition coefficient (Wildman–Crippen LogP) is 3.01. The summed E-state index contributed by atoms with van der Waals surface area (Å²) in [6.45, 7) is 6.98. The van der Waals surface area contributed by atoms with Gasteiger partial charge in [0.1, 0.15) is 0 Å². The molecule has 0 unspecified atom stereocenters. The third-order valence-corrected chi connectivity index (χ3v) is 4.30. The van der Waals surface area contributed by atoms with Gasteiger partial charge < -0.3 is 10.2 Å². The van der Waals surface area contributed by atoms with Crippen LogP contribution >= 0.6 is 0 Å². The Morgan fingerprint density at radius 2 is 1.87 bits per heavy atom. The Labute approximate surface area is 137 Å². The van der Waals surface area contributed by atoms with E-state index in [1.807, 2.05) is 24.3 Å². The molecule has 2 aromatic rings. The highest BCUT2D eigenvalue weighted by atomic mass is 16.1. The van der Waals surface area contributed by atoms with E-state index in [4.69, 9.17) is 0 Å². The standard InChI is InChI=1S/C18H24N4O/c1-13(2)9-10-19-18(23)16-14-7-3-4-8-15(14)17(21-20-16)22-11-5-6-12-22/h3-4,7-8,13H,5-6,9-12H2,1-2H3,(H,19,23). The van der Waals surface area contributed by atoms with E-state index in [1.165, 1.54) is 12.8 Å². The molecule has 5 heteroatoms. The molecule has 0 bridgehead atoms. The molecule has 122 valence electrons. The first-order valence-electron chi connectivity index (χ1n) is 8.45. The summed E-state index contributed by atoms with van der Waals surface area (Å²) in [5.74, 6) is 1.33. The van der Waals surface area contributed by atoms with Crippen LogP contribution in [-0.4, -0.2) is 35.7 Å². The van der Waals surface area contributed by atoms with Crippen molar-refractivity contribution in [3.63, 3.8) is 0 Å². The van der Waals surface area contributed by atoms with Gasteiger partial charge in [0.15, 0.2) is 11.5 Å². The lowest BCUT2D eigenvalue weighted by Crippen LogP contribution is -2.27. The Balaban J connectivity index is 1.90. The molecule has 1 fully saturated rings. The molecule has 0 atom stereocenters. The number of benzene rings is 1. The minimum atomic E-state index is -0.137. The number of anilines is 1. The monoisotopic (exact) mass is 312 g/mol. The Hall–Kier alpha value is -2.17. The summed E-state index contributed by atoms with van der Waals surface area (Å²) >= 11 is 0. The normalized spacial score (nSPS) is 14.7. The SMILES string of the molecule is CC(C)CCNC(=O)c1nnc(N2CCCC2)c2ccccc12. The third-order valence-electron chi connectivity index (χ3n) is 4.30. The summed E-state index contributed by atoms with van der Waals surface area (Å²) in [4.78, 5) is 14.7. The van der Waals surface area contributed by atoms with Crippen molar-refractivity contribution in [1.82, 2.24) is 15.5 Å². The maximum Gasteiger partial charge on any atom is 0.272 e. The molecule has 1 saturated heterocycles. The van der Waals surface area contributed by atoms with Gasteiger partial charge in [0.25, 0.3) is 5.91 Å². The molecule has 2 heterocycles. The second kappa shape index (κ2) is 6.94. The molecule has 1 aromatic carbocycles. The number of amides is 1. The molecule has 0 aliphatic carbocycles. The first kappa shape index (κ1) is 15.7. The zero-order chi connectivity index (χ0) is 16.2. The van der Waals surface area contributed by atoms with Crippen LogP contribution in [0.1, 0.15) is 43.6 Å². The van der Waals surface area contributed by atoms with E-state index in [9.17, 15) is 4.79 Å². The molecule has 0 saturated carbocycles. The van der Waals surface area contributed by atoms with E-state index >= 15 is 0 Å². The summed E-state index contributed by atoms with van der Waals surface area (Å²) in [6, 6.07) is 7.93. The van der Waals surface area contributed by atoms with Crippen molar-refractivity contribution in [1.29, 1.82) is 0 Å². The average Bonchev–Trinajstić information content (AvgIpc) is 3.07. The molecule has 23 heavy (non-hydrogen) atoms. The van der Waals surface area contributed by atoms with Crippen LogP contribution in [0.4, 0.5) is 5.82 Å². The van der Waals surface area contributed by atoms with E-state index in [0.717, 1.165) is 36.1 Å². The quantitative estimate of drug-likeness (QED) is 0.922. The molecular weight excluding hydrogens is 288 g/mol. The lowest BCUT2D eigenvalue weighted by molar-refractivity contribution is 0.0948. The van der Waals surface area contributed by atoms with Gasteiger partial charge in [0, 0.05) is 30.4 Å². The topological polar surface area (TPSA) is 58.1 Å². The number of hydrogen-bond acceptors (Lipinski definition) is 4. The van der Waals surface area contributed by atoms with Crippen LogP contribution in [-0.2, 0) is 0 Å². The van der Waals surface area contributed by atoms with Crippen LogP contribution in [0.15, 0.2) is 24.3 Å². The fraction of sp³-hybridized carbons (Fsp3) is 0.500. The van der Waals surface area contributed by atoms with E-state index in [-0.39, 0.29) is 5.91 Å². The Bertz CT molecular complexity index is 692. The average molecular weight is 312 g/mol. The fourth-order valence-electron chi connectivity index (χ4n) is 2.98. The van der Waals surface area contributed by atoms with Gasteiger partial charge >= 0.3 is 0 Å². The maximum absolute atomic E-state index is 12.4. The highest BCUT2D eigenvalue weighted by Gasteiger charge is 2.20. The van der Waals surface area contributed by atoms with Gasteiger partial charge in [-0.1, -0.05) is 38.1 Å². The molecule has 0 radical (unpaired) electrons. The van der Waals surface area contributed by atoms with Crippen molar-refractivity contribution in [2.75, 3.05) is 24.5 Å². The molecule has 1 aliphatic heterocycles. The number of hydrogen-bond donors (Lipinski definition) is 1. The minimum Gasteiger partial charge on any atom is -0.355 e. The first-order chi connectivity index (χ1) is 11.2. The Kier molecular flexibility index (Phi) is 4.74. The van der Waals surface area contributed by atoms with Crippen LogP contribution < -0.4 is 10.2 Å². The molecule has 1 amide bonds. The Morgan fingerprint density at radius 3 is 2.57 bits per heavy atom. The number of carbonyl (C=O) groups is 1. The number of nitrogens with one attached hydrogen (secondary N) is 1. The number of carbonyl (C=O) groups excluding carboxylic acids is 1. The third kappa shape index (κ3) is 3.44. The van der Waals surface area contributed by atoms with Crippen LogP contribution in [0.5, 0.6) is 0 Å². The zero-order valence-electron chi connectivity index (χ0n) is 13.9. The summed E-state index contributed by atoms with van der Waals surface area (Å²) in [5, 5.41) is 13.5. The van der Waals surface area contributed by atoms with Gasteiger partial charge in [-0.3, -0.25) is 4.79 Å². The van der Waals surface area contributed by atoms with Crippen LogP contribution in [0.2, 0.25) is 0 Å². The second-order valence-electron chi connectivity index (χ2n) is 6.55. The lowest BCUT2D eigenvalue weighted by atomic mass is 10.1. The summed E-state index contributed by atoms with van der Waals surface area (Å²) in [7, 11) is 0. The van der Waals surface area contributed by atoms with E-state index in [1.54, 1.807) is 0 Å². The van der Waals surface area contributed by atoms with Crippen LogP contribution in [0.3, 0.4) is 0 Å². The van der Waals surface area contributed by atoms with Crippen molar-refractivity contribution in [3.05, 3.63) is 30.0 Å². The smallest absolute Gasteiger partial charge is 0.272 e. The molecule has 3 rings (SSSR count). The predicted molar refractivity (Wildman–Crippen MR) is 92.8 cm³/mol. The van der Waals surface area contributed by atoms with Crippen LogP contribution in [0, 0.1) is 5.92 Å². The fourth-order valence-corrected chi connectivity index (χ4v) is 2.98. The summed E-state index contributed by atoms with van der Waals surface area (Å²) in [6.07, 6.45) is 3.34. The Morgan fingerprint density at radius 1 is 1.17 bits per heavy atom.